The molecule has 0 aliphatic rings. The van der Waals surface area contributed by atoms with Crippen LogP contribution in [0.2, 0.25) is 0 Å². The van der Waals surface area contributed by atoms with E-state index >= 15 is 0 Å². The SMILES string of the molecule is NNc1ccc(C(=O)Nc2ccc3ncccc3c2)cc1. The highest BCUT2D eigenvalue weighted by Gasteiger charge is 2.06. The summed E-state index contributed by atoms with van der Waals surface area (Å²) in [5.41, 5.74) is 5.48. The lowest BCUT2D eigenvalue weighted by molar-refractivity contribution is 0.102. The van der Waals surface area contributed by atoms with E-state index in [0.717, 1.165) is 22.3 Å². The van der Waals surface area contributed by atoms with Gasteiger partial charge in [0.1, 0.15) is 0 Å². The fourth-order valence-electron chi connectivity index (χ4n) is 2.07. The van der Waals surface area contributed by atoms with Crippen LogP contribution in [0.4, 0.5) is 11.4 Å². The summed E-state index contributed by atoms with van der Waals surface area (Å²) in [6, 6.07) is 16.4. The van der Waals surface area contributed by atoms with Crippen LogP contribution in [0.1, 0.15) is 10.4 Å². The van der Waals surface area contributed by atoms with Crippen LogP contribution in [0.5, 0.6) is 0 Å². The van der Waals surface area contributed by atoms with Crippen LogP contribution < -0.4 is 16.6 Å². The third kappa shape index (κ3) is 2.82. The van der Waals surface area contributed by atoms with E-state index in [1.165, 1.54) is 0 Å². The van der Waals surface area contributed by atoms with Crippen molar-refractivity contribution in [2.45, 2.75) is 0 Å². The molecule has 3 aromatic rings. The molecular formula is C16H14N4O. The Kier molecular flexibility index (Phi) is 3.49. The number of nitrogen functional groups attached to an aromatic ring is 1. The van der Waals surface area contributed by atoms with Crippen LogP contribution in [0.3, 0.4) is 0 Å². The Labute approximate surface area is 121 Å². The molecular weight excluding hydrogens is 264 g/mol. The van der Waals surface area contributed by atoms with Gasteiger partial charge in [-0.1, -0.05) is 6.07 Å². The highest BCUT2D eigenvalue weighted by atomic mass is 16.1. The molecule has 5 nitrogen and oxygen atoms in total. The van der Waals surface area contributed by atoms with Crippen molar-refractivity contribution in [3.05, 3.63) is 66.4 Å². The quantitative estimate of drug-likeness (QED) is 0.508. The van der Waals surface area contributed by atoms with Crippen molar-refractivity contribution in [1.82, 2.24) is 4.98 Å². The number of nitrogens with two attached hydrogens (primary N) is 1. The zero-order valence-electron chi connectivity index (χ0n) is 11.2. The first-order chi connectivity index (χ1) is 10.3. The molecule has 0 spiro atoms. The fraction of sp³-hybridized carbons (Fsp3) is 0. The van der Waals surface area contributed by atoms with Gasteiger partial charge in [0, 0.05) is 28.5 Å². The second-order valence-corrected chi connectivity index (χ2v) is 4.59. The number of hydrogen-bond acceptors (Lipinski definition) is 4. The molecule has 0 atom stereocenters. The van der Waals surface area contributed by atoms with Crippen LogP contribution >= 0.6 is 0 Å². The molecule has 0 aliphatic carbocycles. The molecule has 1 amide bonds. The lowest BCUT2D eigenvalue weighted by atomic mass is 10.1. The zero-order chi connectivity index (χ0) is 14.7. The highest BCUT2D eigenvalue weighted by Crippen LogP contribution is 2.18. The van der Waals surface area contributed by atoms with Gasteiger partial charge >= 0.3 is 0 Å². The standard InChI is InChI=1S/C16H14N4O/c17-20-13-5-3-11(4-6-13)16(21)19-14-7-8-15-12(10-14)2-1-9-18-15/h1-10,20H,17H2,(H,19,21). The molecule has 0 fully saturated rings. The third-order valence-electron chi connectivity index (χ3n) is 3.17. The van der Waals surface area contributed by atoms with Crippen LogP contribution in [-0.4, -0.2) is 10.9 Å². The molecule has 0 radical (unpaired) electrons. The van der Waals surface area contributed by atoms with E-state index in [1.807, 2.05) is 30.3 Å². The van der Waals surface area contributed by atoms with Gasteiger partial charge in [0.15, 0.2) is 0 Å². The van der Waals surface area contributed by atoms with Crippen LogP contribution in [-0.2, 0) is 0 Å². The molecule has 0 aliphatic heterocycles. The molecule has 1 heterocycles. The summed E-state index contributed by atoms with van der Waals surface area (Å²) in [4.78, 5) is 16.4. The first-order valence-electron chi connectivity index (χ1n) is 6.49. The Bertz CT molecular complexity index is 784. The summed E-state index contributed by atoms with van der Waals surface area (Å²) in [5.74, 6) is 5.13. The number of benzene rings is 2. The molecule has 0 saturated heterocycles. The van der Waals surface area contributed by atoms with Crippen molar-refractivity contribution in [2.75, 3.05) is 10.7 Å². The summed E-state index contributed by atoms with van der Waals surface area (Å²) in [6.07, 6.45) is 1.74. The largest absolute Gasteiger partial charge is 0.324 e. The zero-order valence-corrected chi connectivity index (χ0v) is 11.2. The number of aromatic nitrogens is 1. The summed E-state index contributed by atoms with van der Waals surface area (Å²) >= 11 is 0. The van der Waals surface area contributed by atoms with Gasteiger partial charge in [0.25, 0.3) is 5.91 Å². The number of amides is 1. The topological polar surface area (TPSA) is 80.0 Å². The van der Waals surface area contributed by atoms with Gasteiger partial charge in [-0.3, -0.25) is 15.6 Å². The van der Waals surface area contributed by atoms with Crippen molar-refractivity contribution in [3.8, 4) is 0 Å². The first-order valence-corrected chi connectivity index (χ1v) is 6.49. The molecule has 5 heteroatoms. The van der Waals surface area contributed by atoms with Crippen LogP contribution in [0, 0.1) is 0 Å². The second kappa shape index (κ2) is 5.60. The summed E-state index contributed by atoms with van der Waals surface area (Å²) < 4.78 is 0. The summed E-state index contributed by atoms with van der Waals surface area (Å²) in [7, 11) is 0. The van der Waals surface area contributed by atoms with Gasteiger partial charge in [-0.25, -0.2) is 0 Å². The fourth-order valence-corrected chi connectivity index (χ4v) is 2.07. The number of nitrogens with zero attached hydrogens (tertiary/aromatic N) is 1. The molecule has 3 rings (SSSR count). The normalized spacial score (nSPS) is 10.3. The lowest BCUT2D eigenvalue weighted by Crippen LogP contribution is -2.12. The number of anilines is 2. The number of hydrogen-bond donors (Lipinski definition) is 3. The van der Waals surface area contributed by atoms with Gasteiger partial charge < -0.3 is 10.7 Å². The summed E-state index contributed by atoms with van der Waals surface area (Å²) in [5, 5.41) is 3.85. The first kappa shape index (κ1) is 13.1. The minimum Gasteiger partial charge on any atom is -0.324 e. The predicted octanol–water partition coefficient (Wildman–Crippen LogP) is 2.77. The number of carbonyl (C=O) groups is 1. The number of nitrogens with one attached hydrogen (secondary N) is 2. The second-order valence-electron chi connectivity index (χ2n) is 4.59. The van der Waals surface area contributed by atoms with Gasteiger partial charge in [-0.2, -0.15) is 0 Å². The molecule has 0 bridgehead atoms. The maximum atomic E-state index is 12.2. The predicted molar refractivity (Wildman–Crippen MR) is 83.9 cm³/mol. The number of fused-ring (bicyclic) bond motifs is 1. The number of pyridine rings is 1. The van der Waals surface area contributed by atoms with Gasteiger partial charge in [-0.15, -0.1) is 0 Å². The number of carbonyl (C=O) groups excluding carboxylic acids is 1. The lowest BCUT2D eigenvalue weighted by Gasteiger charge is -2.07. The highest BCUT2D eigenvalue weighted by molar-refractivity contribution is 6.05. The molecule has 104 valence electrons. The van der Waals surface area contributed by atoms with Crippen molar-refractivity contribution in [1.29, 1.82) is 0 Å². The average molecular weight is 278 g/mol. The Hall–Kier alpha value is -2.92. The minimum absolute atomic E-state index is 0.165. The van der Waals surface area contributed by atoms with E-state index in [1.54, 1.807) is 30.5 Å². The van der Waals surface area contributed by atoms with E-state index in [9.17, 15) is 4.79 Å². The Morgan fingerprint density at radius 3 is 2.52 bits per heavy atom. The number of rotatable bonds is 3. The van der Waals surface area contributed by atoms with Crippen LogP contribution in [0.15, 0.2) is 60.8 Å². The molecule has 0 unspecified atom stereocenters. The van der Waals surface area contributed by atoms with E-state index in [-0.39, 0.29) is 5.91 Å². The molecule has 0 saturated carbocycles. The van der Waals surface area contributed by atoms with Gasteiger partial charge in [0.05, 0.1) is 5.52 Å². The van der Waals surface area contributed by atoms with Crippen molar-refractivity contribution in [2.24, 2.45) is 5.84 Å². The van der Waals surface area contributed by atoms with Gasteiger partial charge in [-0.05, 0) is 48.5 Å². The summed E-state index contributed by atoms with van der Waals surface area (Å²) in [6.45, 7) is 0. The minimum atomic E-state index is -0.165. The van der Waals surface area contributed by atoms with E-state index in [2.05, 4.69) is 15.7 Å². The van der Waals surface area contributed by atoms with Crippen molar-refractivity contribution >= 4 is 28.2 Å². The Morgan fingerprint density at radius 1 is 1.00 bits per heavy atom. The van der Waals surface area contributed by atoms with Crippen LogP contribution in [0.25, 0.3) is 10.9 Å². The van der Waals surface area contributed by atoms with E-state index in [0.29, 0.717) is 5.56 Å². The monoisotopic (exact) mass is 278 g/mol. The third-order valence-corrected chi connectivity index (χ3v) is 3.17. The Morgan fingerprint density at radius 2 is 1.76 bits per heavy atom. The molecule has 1 aromatic heterocycles. The average Bonchev–Trinajstić information content (AvgIpc) is 2.55. The molecule has 2 aromatic carbocycles. The molecule has 21 heavy (non-hydrogen) atoms. The maximum Gasteiger partial charge on any atom is 0.255 e. The number of hydrazine groups is 1. The molecule has 4 N–H and O–H groups in total. The van der Waals surface area contributed by atoms with Crippen molar-refractivity contribution in [3.63, 3.8) is 0 Å². The van der Waals surface area contributed by atoms with E-state index in [4.69, 9.17) is 5.84 Å². The van der Waals surface area contributed by atoms with Crippen molar-refractivity contribution < 1.29 is 4.79 Å². The smallest absolute Gasteiger partial charge is 0.255 e. The van der Waals surface area contributed by atoms with Gasteiger partial charge in [0.2, 0.25) is 0 Å². The Balaban J connectivity index is 1.81. The maximum absolute atomic E-state index is 12.2. The van der Waals surface area contributed by atoms with E-state index < -0.39 is 0 Å².